The summed E-state index contributed by atoms with van der Waals surface area (Å²) in [5, 5.41) is 13.1. The van der Waals surface area contributed by atoms with Crippen molar-refractivity contribution in [2.75, 3.05) is 13.2 Å². The lowest BCUT2D eigenvalue weighted by Gasteiger charge is -2.24. The van der Waals surface area contributed by atoms with Crippen molar-refractivity contribution in [2.45, 2.75) is 37.8 Å². The zero-order valence-electron chi connectivity index (χ0n) is 16.2. The lowest BCUT2D eigenvalue weighted by atomic mass is 9.89. The van der Waals surface area contributed by atoms with Gasteiger partial charge in [0, 0.05) is 4.47 Å². The number of hydrogen-bond donors (Lipinski definition) is 2. The quantitative estimate of drug-likeness (QED) is 0.651. The van der Waals surface area contributed by atoms with Gasteiger partial charge in [-0.05, 0) is 67.1 Å². The van der Waals surface area contributed by atoms with Crippen LogP contribution in [0.4, 0.5) is 4.79 Å². The smallest absolute Gasteiger partial charge is 0.325 e. The SMILES string of the molecule is CC1(c2ccc3c(c2)CCC3)NC(=O)N(CC(O)COc2ccc(Br)cc2)C1=O. The van der Waals surface area contributed by atoms with Crippen LogP contribution in [0.2, 0.25) is 0 Å². The number of carbonyl (C=O) groups is 2. The summed E-state index contributed by atoms with van der Waals surface area (Å²) < 4.78 is 6.48. The summed E-state index contributed by atoms with van der Waals surface area (Å²) >= 11 is 3.35. The van der Waals surface area contributed by atoms with Gasteiger partial charge in [0.2, 0.25) is 0 Å². The Balaban J connectivity index is 1.43. The molecular weight excluding hydrogens is 436 g/mol. The Kier molecular flexibility index (Phi) is 5.36. The second-order valence-corrected chi connectivity index (χ2v) is 8.64. The maximum Gasteiger partial charge on any atom is 0.325 e. The number of aryl methyl sites for hydroxylation is 2. The van der Waals surface area contributed by atoms with E-state index in [-0.39, 0.29) is 19.1 Å². The first kappa shape index (κ1) is 19.9. The molecule has 2 N–H and O–H groups in total. The molecule has 2 aromatic rings. The number of rotatable bonds is 6. The zero-order chi connectivity index (χ0) is 20.6. The van der Waals surface area contributed by atoms with Crippen molar-refractivity contribution in [3.8, 4) is 5.75 Å². The first-order valence-electron chi connectivity index (χ1n) is 9.69. The van der Waals surface area contributed by atoms with E-state index < -0.39 is 17.7 Å². The highest BCUT2D eigenvalue weighted by Gasteiger charge is 2.49. The van der Waals surface area contributed by atoms with Crippen LogP contribution in [0, 0.1) is 0 Å². The molecule has 4 rings (SSSR count). The van der Waals surface area contributed by atoms with Gasteiger partial charge in [-0.15, -0.1) is 0 Å². The Morgan fingerprint density at radius 2 is 1.90 bits per heavy atom. The number of nitrogens with one attached hydrogen (secondary N) is 1. The molecule has 0 radical (unpaired) electrons. The number of hydrogen-bond acceptors (Lipinski definition) is 4. The fraction of sp³-hybridized carbons (Fsp3) is 0.364. The van der Waals surface area contributed by atoms with Crippen LogP contribution in [0.1, 0.15) is 30.0 Å². The van der Waals surface area contributed by atoms with E-state index in [0.717, 1.165) is 34.2 Å². The molecule has 2 aliphatic rings. The Morgan fingerprint density at radius 1 is 1.17 bits per heavy atom. The molecule has 1 saturated heterocycles. The molecule has 2 unspecified atom stereocenters. The number of benzene rings is 2. The standard InChI is InChI=1S/C22H23BrN2O4/c1-22(16-6-5-14-3-2-4-15(14)11-16)20(27)25(21(28)24-22)12-18(26)13-29-19-9-7-17(23)8-10-19/h5-11,18,26H,2-4,12-13H2,1H3,(H,24,28). The summed E-state index contributed by atoms with van der Waals surface area (Å²) in [5.74, 6) is 0.246. The maximum atomic E-state index is 13.1. The van der Waals surface area contributed by atoms with E-state index in [4.69, 9.17) is 4.74 Å². The number of imide groups is 1. The van der Waals surface area contributed by atoms with Gasteiger partial charge in [0.1, 0.15) is 24.0 Å². The predicted octanol–water partition coefficient (Wildman–Crippen LogP) is 3.14. The molecule has 2 atom stereocenters. The summed E-state index contributed by atoms with van der Waals surface area (Å²) in [6.07, 6.45) is 2.18. The topological polar surface area (TPSA) is 78.9 Å². The van der Waals surface area contributed by atoms with Gasteiger partial charge < -0.3 is 15.2 Å². The maximum absolute atomic E-state index is 13.1. The Morgan fingerprint density at radius 3 is 2.66 bits per heavy atom. The average Bonchev–Trinajstić information content (AvgIpc) is 3.26. The van der Waals surface area contributed by atoms with Crippen molar-refractivity contribution in [3.05, 3.63) is 63.6 Å². The first-order chi connectivity index (χ1) is 13.9. The van der Waals surface area contributed by atoms with Gasteiger partial charge in [0.15, 0.2) is 0 Å². The van der Waals surface area contributed by atoms with E-state index in [1.165, 1.54) is 11.1 Å². The third-order valence-electron chi connectivity index (χ3n) is 5.60. The van der Waals surface area contributed by atoms with E-state index in [9.17, 15) is 14.7 Å². The summed E-state index contributed by atoms with van der Waals surface area (Å²) in [4.78, 5) is 26.6. The molecule has 1 fully saturated rings. The van der Waals surface area contributed by atoms with Crippen LogP contribution < -0.4 is 10.1 Å². The van der Waals surface area contributed by atoms with Crippen molar-refractivity contribution in [1.29, 1.82) is 0 Å². The molecule has 0 bridgehead atoms. The van der Waals surface area contributed by atoms with Crippen LogP contribution >= 0.6 is 15.9 Å². The minimum atomic E-state index is -1.12. The van der Waals surface area contributed by atoms with Crippen LogP contribution in [0.15, 0.2) is 46.9 Å². The van der Waals surface area contributed by atoms with Crippen LogP contribution in [-0.2, 0) is 23.2 Å². The van der Waals surface area contributed by atoms with Crippen molar-refractivity contribution in [1.82, 2.24) is 10.2 Å². The number of fused-ring (bicyclic) bond motifs is 1. The highest BCUT2D eigenvalue weighted by atomic mass is 79.9. The molecule has 1 aliphatic heterocycles. The van der Waals surface area contributed by atoms with Gasteiger partial charge >= 0.3 is 6.03 Å². The number of amides is 3. The summed E-state index contributed by atoms with van der Waals surface area (Å²) in [6, 6.07) is 12.7. The molecule has 1 heterocycles. The third kappa shape index (κ3) is 3.89. The molecule has 0 spiro atoms. The Labute approximate surface area is 178 Å². The largest absolute Gasteiger partial charge is 0.491 e. The fourth-order valence-electron chi connectivity index (χ4n) is 3.93. The van der Waals surface area contributed by atoms with Crippen molar-refractivity contribution in [2.24, 2.45) is 0 Å². The Bertz CT molecular complexity index is 946. The van der Waals surface area contributed by atoms with E-state index in [1.807, 2.05) is 30.3 Å². The predicted molar refractivity (Wildman–Crippen MR) is 112 cm³/mol. The van der Waals surface area contributed by atoms with E-state index in [2.05, 4.69) is 21.2 Å². The van der Waals surface area contributed by atoms with E-state index in [0.29, 0.717) is 5.75 Å². The van der Waals surface area contributed by atoms with Gasteiger partial charge in [-0.2, -0.15) is 0 Å². The minimum absolute atomic E-state index is 0.0196. The summed E-state index contributed by atoms with van der Waals surface area (Å²) in [5.41, 5.74) is 2.21. The third-order valence-corrected chi connectivity index (χ3v) is 6.13. The number of carbonyl (C=O) groups excluding carboxylic acids is 2. The number of ether oxygens (including phenoxy) is 1. The molecule has 0 aromatic heterocycles. The van der Waals surface area contributed by atoms with Crippen LogP contribution in [0.5, 0.6) is 5.75 Å². The number of β-amino-alcohol motifs (C(OH)–C–C–N with tert-alkyl or cyclic N) is 1. The van der Waals surface area contributed by atoms with Gasteiger partial charge in [0.05, 0.1) is 6.54 Å². The normalized spacial score (nSPS) is 21.8. The minimum Gasteiger partial charge on any atom is -0.491 e. The van der Waals surface area contributed by atoms with Crippen LogP contribution in [0.25, 0.3) is 0 Å². The Hall–Kier alpha value is -2.38. The number of urea groups is 1. The molecule has 3 amide bonds. The number of aliphatic hydroxyl groups is 1. The lowest BCUT2D eigenvalue weighted by molar-refractivity contribution is -0.132. The molecule has 29 heavy (non-hydrogen) atoms. The average molecular weight is 459 g/mol. The molecular formula is C22H23BrN2O4. The second kappa shape index (κ2) is 7.80. The summed E-state index contributed by atoms with van der Waals surface area (Å²) in [7, 11) is 0. The number of aliphatic hydroxyl groups excluding tert-OH is 1. The van der Waals surface area contributed by atoms with Crippen LogP contribution in [-0.4, -0.2) is 41.2 Å². The second-order valence-electron chi connectivity index (χ2n) is 7.73. The van der Waals surface area contributed by atoms with E-state index >= 15 is 0 Å². The lowest BCUT2D eigenvalue weighted by Crippen LogP contribution is -2.42. The monoisotopic (exact) mass is 458 g/mol. The van der Waals surface area contributed by atoms with Gasteiger partial charge in [0.25, 0.3) is 5.91 Å². The van der Waals surface area contributed by atoms with Crippen molar-refractivity contribution < 1.29 is 19.4 Å². The van der Waals surface area contributed by atoms with Gasteiger partial charge in [-0.1, -0.05) is 34.1 Å². The molecule has 2 aromatic carbocycles. The molecule has 7 heteroatoms. The molecule has 152 valence electrons. The van der Waals surface area contributed by atoms with Crippen molar-refractivity contribution in [3.63, 3.8) is 0 Å². The molecule has 6 nitrogen and oxygen atoms in total. The molecule has 0 saturated carbocycles. The van der Waals surface area contributed by atoms with Gasteiger partial charge in [-0.25, -0.2) is 4.79 Å². The number of nitrogens with zero attached hydrogens (tertiary/aromatic N) is 1. The fourth-order valence-corrected chi connectivity index (χ4v) is 4.19. The highest BCUT2D eigenvalue weighted by molar-refractivity contribution is 9.10. The summed E-state index contributed by atoms with van der Waals surface area (Å²) in [6.45, 7) is 1.57. The molecule has 1 aliphatic carbocycles. The van der Waals surface area contributed by atoms with Gasteiger partial charge in [-0.3, -0.25) is 9.69 Å². The highest BCUT2D eigenvalue weighted by Crippen LogP contribution is 2.32. The first-order valence-corrected chi connectivity index (χ1v) is 10.5. The zero-order valence-corrected chi connectivity index (χ0v) is 17.7. The van der Waals surface area contributed by atoms with Crippen molar-refractivity contribution >= 4 is 27.9 Å². The number of halogens is 1. The van der Waals surface area contributed by atoms with Crippen LogP contribution in [0.3, 0.4) is 0 Å². The van der Waals surface area contributed by atoms with E-state index in [1.54, 1.807) is 19.1 Å².